The van der Waals surface area contributed by atoms with Gasteiger partial charge in [0, 0.05) is 34.1 Å². The second-order valence-corrected chi connectivity index (χ2v) is 13.2. The van der Waals surface area contributed by atoms with Crippen LogP contribution < -0.4 is 9.80 Å². The van der Waals surface area contributed by atoms with Crippen molar-refractivity contribution in [3.63, 3.8) is 0 Å². The molecule has 2 heteroatoms. The molecule has 0 aliphatic heterocycles. The molecule has 9 aromatic carbocycles. The van der Waals surface area contributed by atoms with Gasteiger partial charge in [-0.25, -0.2) is 0 Å². The molecule has 0 spiro atoms. The Morgan fingerprint density at radius 3 is 0.786 bits per heavy atom. The molecule has 0 amide bonds. The van der Waals surface area contributed by atoms with E-state index in [-0.39, 0.29) is 34.5 Å². The lowest BCUT2D eigenvalue weighted by Crippen LogP contribution is -2.09. The monoisotopic (exact) mass is 724 g/mol. The molecule has 0 N–H and O–H groups in total. The van der Waals surface area contributed by atoms with Crippen molar-refractivity contribution < 1.29 is 11.0 Å². The van der Waals surface area contributed by atoms with Crippen LogP contribution >= 0.6 is 0 Å². The fourth-order valence-corrected chi connectivity index (χ4v) is 6.78. The van der Waals surface area contributed by atoms with Crippen LogP contribution in [0.5, 0.6) is 0 Å². The lowest BCUT2D eigenvalue weighted by atomic mass is 9.99. The van der Waals surface area contributed by atoms with Crippen LogP contribution in [0.25, 0.3) is 44.5 Å². The minimum Gasteiger partial charge on any atom is -0.311 e. The Labute approximate surface area is 341 Å². The van der Waals surface area contributed by atoms with E-state index in [0.29, 0.717) is 16.9 Å². The molecule has 266 valence electrons. The predicted molar refractivity (Wildman–Crippen MR) is 238 cm³/mol. The summed E-state index contributed by atoms with van der Waals surface area (Å²) in [5.74, 6) is 0. The number of hydrogen-bond acceptors (Lipinski definition) is 2. The van der Waals surface area contributed by atoms with Crippen LogP contribution in [0.1, 0.15) is 11.0 Å². The van der Waals surface area contributed by atoms with E-state index in [1.165, 1.54) is 0 Å². The smallest absolute Gasteiger partial charge is 0.0645 e. The molecule has 0 aromatic heterocycles. The maximum absolute atomic E-state index is 9.46. The summed E-state index contributed by atoms with van der Waals surface area (Å²) in [4.78, 5) is 3.77. The number of benzene rings is 9. The summed E-state index contributed by atoms with van der Waals surface area (Å²) >= 11 is 0. The molecule has 0 atom stereocenters. The van der Waals surface area contributed by atoms with Gasteiger partial charge in [-0.05, 0) is 117 Å². The summed E-state index contributed by atoms with van der Waals surface area (Å²) < 4.78 is 74.5. The molecular formula is C54H40N2. The third-order valence-electron chi connectivity index (χ3n) is 9.62. The average molecular weight is 725 g/mol. The van der Waals surface area contributed by atoms with Gasteiger partial charge in [0.05, 0.1) is 11.0 Å². The summed E-state index contributed by atoms with van der Waals surface area (Å²) in [6.45, 7) is 0. The Bertz CT molecular complexity index is 2910. The minimum absolute atomic E-state index is 0.0225. The largest absolute Gasteiger partial charge is 0.311 e. The highest BCUT2D eigenvalue weighted by Crippen LogP contribution is 2.39. The molecule has 0 bridgehead atoms. The van der Waals surface area contributed by atoms with Crippen molar-refractivity contribution in [3.8, 4) is 44.5 Å². The highest BCUT2D eigenvalue weighted by atomic mass is 15.1. The first kappa shape index (κ1) is 26.4. The maximum Gasteiger partial charge on any atom is 0.0645 e. The van der Waals surface area contributed by atoms with Crippen molar-refractivity contribution in [2.45, 2.75) is 0 Å². The molecule has 0 aliphatic carbocycles. The first-order valence-corrected chi connectivity index (χ1v) is 18.4. The van der Waals surface area contributed by atoms with Gasteiger partial charge in [0.1, 0.15) is 0 Å². The van der Waals surface area contributed by atoms with E-state index in [4.69, 9.17) is 0 Å². The first-order valence-electron chi connectivity index (χ1n) is 22.4. The second-order valence-electron chi connectivity index (χ2n) is 13.2. The van der Waals surface area contributed by atoms with Crippen LogP contribution in [0.4, 0.5) is 34.1 Å². The Balaban J connectivity index is 1.13. The van der Waals surface area contributed by atoms with Crippen LogP contribution in [0.2, 0.25) is 0 Å². The number of para-hydroxylation sites is 2. The number of hydrogen-bond donors (Lipinski definition) is 0. The van der Waals surface area contributed by atoms with Gasteiger partial charge in [0.25, 0.3) is 0 Å². The molecule has 0 radical (unpaired) electrons. The fourth-order valence-electron chi connectivity index (χ4n) is 6.78. The summed E-state index contributed by atoms with van der Waals surface area (Å²) in [6, 6.07) is 58.7. The molecule has 56 heavy (non-hydrogen) atoms. The van der Waals surface area contributed by atoms with E-state index in [1.807, 2.05) is 182 Å². The van der Waals surface area contributed by atoms with Crippen molar-refractivity contribution in [2.24, 2.45) is 0 Å². The van der Waals surface area contributed by atoms with Crippen LogP contribution in [0, 0.1) is 0 Å². The molecule has 9 rings (SSSR count). The highest BCUT2D eigenvalue weighted by Gasteiger charge is 2.15. The molecule has 0 aliphatic rings. The molecular weight excluding hydrogens is 677 g/mol. The molecule has 0 heterocycles. The summed E-state index contributed by atoms with van der Waals surface area (Å²) in [5.41, 5.74) is 7.72. The van der Waals surface area contributed by atoms with Gasteiger partial charge in [0.2, 0.25) is 0 Å². The third-order valence-corrected chi connectivity index (χ3v) is 9.62. The van der Waals surface area contributed by atoms with Crippen molar-refractivity contribution in [2.75, 3.05) is 9.80 Å². The van der Waals surface area contributed by atoms with Crippen molar-refractivity contribution in [1.82, 2.24) is 0 Å². The van der Waals surface area contributed by atoms with Gasteiger partial charge in [-0.1, -0.05) is 170 Å². The number of rotatable bonds is 10. The van der Waals surface area contributed by atoms with Gasteiger partial charge in [-0.2, -0.15) is 0 Å². The van der Waals surface area contributed by atoms with Crippen LogP contribution in [0.15, 0.2) is 242 Å². The van der Waals surface area contributed by atoms with Crippen molar-refractivity contribution in [3.05, 3.63) is 242 Å². The van der Waals surface area contributed by atoms with Gasteiger partial charge in [-0.15, -0.1) is 0 Å². The standard InChI is InChI=1S/C54H40N2/c1-5-13-41(14-6-1)45-25-33-52(34-26-45)56(53-35-27-46(28-36-53)42-15-7-2-8-16-42)54-39-31-48(32-40-54)44-23-21-43(22-24-44)47-29-37-51(38-30-47)55(49-17-9-3-10-18-49)50-19-11-4-12-20-50/h1-40H/i21D,22D,23D,24D,31D,32D,39D,40D. The predicted octanol–water partition coefficient (Wildman–Crippen LogP) is 15.3. The van der Waals surface area contributed by atoms with Gasteiger partial charge >= 0.3 is 0 Å². The van der Waals surface area contributed by atoms with E-state index in [9.17, 15) is 11.0 Å². The Morgan fingerprint density at radius 1 is 0.196 bits per heavy atom. The minimum atomic E-state index is -0.484. The quantitative estimate of drug-likeness (QED) is 0.139. The van der Waals surface area contributed by atoms with Gasteiger partial charge in [0.15, 0.2) is 0 Å². The van der Waals surface area contributed by atoms with Gasteiger partial charge in [-0.3, -0.25) is 0 Å². The van der Waals surface area contributed by atoms with Crippen LogP contribution in [-0.4, -0.2) is 0 Å². The van der Waals surface area contributed by atoms with Crippen molar-refractivity contribution >= 4 is 34.1 Å². The molecule has 0 saturated carbocycles. The third kappa shape index (κ3) is 7.37. The normalized spacial score (nSPS) is 12.9. The average Bonchev–Trinajstić information content (AvgIpc) is 3.35. The van der Waals surface area contributed by atoms with E-state index < -0.39 is 36.3 Å². The van der Waals surface area contributed by atoms with Crippen LogP contribution in [0.3, 0.4) is 0 Å². The number of nitrogens with zero attached hydrogens (tertiary/aromatic N) is 2. The first-order chi connectivity index (χ1) is 31.1. The van der Waals surface area contributed by atoms with E-state index >= 15 is 0 Å². The lowest BCUT2D eigenvalue weighted by Gasteiger charge is -2.26. The van der Waals surface area contributed by atoms with E-state index in [1.54, 1.807) is 17.0 Å². The Hall–Kier alpha value is -7.42. The SMILES string of the molecule is [2H]c1c([2H])c(-c2c([2H])c([2H])c(N(c3ccc(-c4ccccc4)cc3)c3ccc(-c4ccccc4)cc3)c([2H])c2[2H])c([2H])c([2H])c1-c1ccc(N(c2ccccc2)c2ccccc2)cc1. The maximum atomic E-state index is 9.46. The Morgan fingerprint density at radius 2 is 0.429 bits per heavy atom. The highest BCUT2D eigenvalue weighted by molar-refractivity contribution is 5.82. The summed E-state index contributed by atoms with van der Waals surface area (Å²) in [6.07, 6.45) is 0. The fraction of sp³-hybridized carbons (Fsp3) is 0. The molecule has 0 saturated heterocycles. The number of anilines is 6. The molecule has 9 aromatic rings. The van der Waals surface area contributed by atoms with E-state index in [2.05, 4.69) is 4.90 Å². The zero-order valence-corrected chi connectivity index (χ0v) is 30.4. The summed E-state index contributed by atoms with van der Waals surface area (Å²) in [7, 11) is 0. The molecule has 0 unspecified atom stereocenters. The van der Waals surface area contributed by atoms with Gasteiger partial charge < -0.3 is 9.80 Å². The molecule has 0 fully saturated rings. The topological polar surface area (TPSA) is 6.48 Å². The lowest BCUT2D eigenvalue weighted by molar-refractivity contribution is 1.28. The molecule has 2 nitrogen and oxygen atoms in total. The Kier molecular flexibility index (Phi) is 7.49. The zero-order chi connectivity index (χ0) is 44.5. The van der Waals surface area contributed by atoms with E-state index in [0.717, 1.165) is 39.3 Å². The second kappa shape index (κ2) is 15.9. The summed E-state index contributed by atoms with van der Waals surface area (Å²) in [5, 5.41) is 0. The van der Waals surface area contributed by atoms with Crippen LogP contribution in [-0.2, 0) is 0 Å². The van der Waals surface area contributed by atoms with Crippen molar-refractivity contribution in [1.29, 1.82) is 0 Å². The zero-order valence-electron chi connectivity index (χ0n) is 38.4.